The highest BCUT2D eigenvalue weighted by Gasteiger charge is 2.45. The molecule has 1 atom stereocenters. The van der Waals surface area contributed by atoms with Gasteiger partial charge in [-0.05, 0) is 37.8 Å². The van der Waals surface area contributed by atoms with Gasteiger partial charge in [-0.15, -0.1) is 0 Å². The zero-order valence-corrected chi connectivity index (χ0v) is 18.9. The van der Waals surface area contributed by atoms with E-state index >= 15 is 0 Å². The number of nitrogens with zero attached hydrogens (tertiary/aromatic N) is 4. The molecule has 10 heteroatoms. The highest BCUT2D eigenvalue weighted by molar-refractivity contribution is 5.95. The summed E-state index contributed by atoms with van der Waals surface area (Å²) in [5.74, 6) is -0.609. The molecule has 0 radical (unpaired) electrons. The van der Waals surface area contributed by atoms with Gasteiger partial charge in [0.25, 0.3) is 0 Å². The molecule has 5 rings (SSSR count). The van der Waals surface area contributed by atoms with E-state index in [-0.39, 0.29) is 24.4 Å². The fourth-order valence-corrected chi connectivity index (χ4v) is 5.25. The average molecular weight is 475 g/mol. The van der Waals surface area contributed by atoms with Crippen molar-refractivity contribution in [2.24, 2.45) is 0 Å². The predicted octanol–water partition coefficient (Wildman–Crippen LogP) is 2.97. The number of carbonyl (C=O) groups is 1. The zero-order valence-electron chi connectivity index (χ0n) is 18.9. The van der Waals surface area contributed by atoms with Crippen molar-refractivity contribution in [3.63, 3.8) is 0 Å². The minimum atomic E-state index is -0.957. The Bertz CT molecular complexity index is 1060. The van der Waals surface area contributed by atoms with E-state index < -0.39 is 17.2 Å². The number of piperidine rings is 2. The van der Waals surface area contributed by atoms with Gasteiger partial charge in [0.2, 0.25) is 11.8 Å². The molecule has 1 aromatic carbocycles. The Morgan fingerprint density at radius 1 is 1.15 bits per heavy atom. The van der Waals surface area contributed by atoms with Crippen LogP contribution < -0.4 is 14.5 Å². The Kier molecular flexibility index (Phi) is 6.35. The molecule has 1 spiro atoms. The van der Waals surface area contributed by atoms with Crippen molar-refractivity contribution in [1.29, 1.82) is 0 Å². The second kappa shape index (κ2) is 9.42. The van der Waals surface area contributed by atoms with Crippen molar-refractivity contribution in [2.45, 2.75) is 56.8 Å². The first-order chi connectivity index (χ1) is 16.5. The molecule has 3 aliphatic heterocycles. The second-order valence-corrected chi connectivity index (χ2v) is 9.13. The van der Waals surface area contributed by atoms with Crippen LogP contribution in [-0.4, -0.2) is 58.9 Å². The minimum absolute atomic E-state index is 0.0650. The maximum atomic E-state index is 14.0. The fraction of sp³-hybridized carbons (Fsp3) is 0.542. The number of carbonyl (C=O) groups excluding carboxylic acids is 1. The van der Waals surface area contributed by atoms with Crippen molar-refractivity contribution < 1.29 is 28.2 Å². The molecule has 4 heterocycles. The average Bonchev–Trinajstić information content (AvgIpc) is 3.34. The molecule has 0 saturated carbocycles. The predicted molar refractivity (Wildman–Crippen MR) is 120 cm³/mol. The first kappa shape index (κ1) is 22.9. The normalized spacial score (nSPS) is 22.4. The summed E-state index contributed by atoms with van der Waals surface area (Å²) in [5, 5.41) is 9.65. The third-order valence-electron chi connectivity index (χ3n) is 6.99. The molecule has 8 nitrogen and oxygen atoms in total. The van der Waals surface area contributed by atoms with Crippen molar-refractivity contribution >= 4 is 17.4 Å². The van der Waals surface area contributed by atoms with Crippen LogP contribution in [0.4, 0.5) is 20.3 Å². The third kappa shape index (κ3) is 4.44. The standard InChI is InChI=1S/C24H28F2N4O4/c25-18-4-3-16(12-19(18)26)30-23(32)2-1-6-24(30)7-9-29(10-8-24)21-13-22(28-20(14-31)27-21)34-17-5-11-33-15-17/h3-4,12-13,17,31H,1-2,5-11,14-15H2/t17-/m0/s1. The Hall–Kier alpha value is -2.85. The quantitative estimate of drug-likeness (QED) is 0.713. The van der Waals surface area contributed by atoms with Crippen molar-refractivity contribution in [2.75, 3.05) is 36.1 Å². The smallest absolute Gasteiger partial charge is 0.227 e. The molecule has 0 unspecified atom stereocenters. The van der Waals surface area contributed by atoms with E-state index in [0.29, 0.717) is 63.0 Å². The van der Waals surface area contributed by atoms with Crippen LogP contribution in [0.5, 0.6) is 5.88 Å². The zero-order chi connectivity index (χ0) is 23.7. The van der Waals surface area contributed by atoms with Crippen LogP contribution in [-0.2, 0) is 16.1 Å². The number of hydrogen-bond acceptors (Lipinski definition) is 7. The second-order valence-electron chi connectivity index (χ2n) is 9.13. The summed E-state index contributed by atoms with van der Waals surface area (Å²) < 4.78 is 38.8. The lowest BCUT2D eigenvalue weighted by Gasteiger charge is -2.51. The number of anilines is 2. The molecule has 34 heavy (non-hydrogen) atoms. The number of aliphatic hydroxyl groups is 1. The Morgan fingerprint density at radius 3 is 2.68 bits per heavy atom. The van der Waals surface area contributed by atoms with Crippen LogP contribution in [0.25, 0.3) is 0 Å². The van der Waals surface area contributed by atoms with E-state index in [1.54, 1.807) is 11.0 Å². The summed E-state index contributed by atoms with van der Waals surface area (Å²) in [5.41, 5.74) is -0.0557. The monoisotopic (exact) mass is 474 g/mol. The molecule has 1 aromatic heterocycles. The van der Waals surface area contributed by atoms with Crippen molar-refractivity contribution in [3.8, 4) is 5.88 Å². The maximum Gasteiger partial charge on any atom is 0.227 e. The van der Waals surface area contributed by atoms with Gasteiger partial charge in [0.1, 0.15) is 18.5 Å². The number of amides is 1. The molecule has 0 aliphatic carbocycles. The van der Waals surface area contributed by atoms with E-state index in [4.69, 9.17) is 9.47 Å². The molecule has 3 saturated heterocycles. The summed E-state index contributed by atoms with van der Waals surface area (Å²) in [4.78, 5) is 25.5. The van der Waals surface area contributed by atoms with E-state index in [9.17, 15) is 18.7 Å². The van der Waals surface area contributed by atoms with Gasteiger partial charge in [0.15, 0.2) is 17.5 Å². The number of ether oxygens (including phenoxy) is 2. The Morgan fingerprint density at radius 2 is 1.97 bits per heavy atom. The highest BCUT2D eigenvalue weighted by Crippen LogP contribution is 2.42. The lowest BCUT2D eigenvalue weighted by molar-refractivity contribution is -0.121. The van der Waals surface area contributed by atoms with Crippen LogP contribution >= 0.6 is 0 Å². The topological polar surface area (TPSA) is 88.0 Å². The summed E-state index contributed by atoms with van der Waals surface area (Å²) in [6, 6.07) is 5.43. The van der Waals surface area contributed by atoms with Gasteiger partial charge in [-0.25, -0.2) is 13.8 Å². The van der Waals surface area contributed by atoms with Gasteiger partial charge in [-0.1, -0.05) is 0 Å². The largest absolute Gasteiger partial charge is 0.472 e. The molecule has 182 valence electrons. The lowest BCUT2D eigenvalue weighted by Crippen LogP contribution is -2.60. The van der Waals surface area contributed by atoms with Crippen LogP contribution in [0.3, 0.4) is 0 Å². The highest BCUT2D eigenvalue weighted by atomic mass is 19.2. The van der Waals surface area contributed by atoms with Gasteiger partial charge >= 0.3 is 0 Å². The van der Waals surface area contributed by atoms with Crippen LogP contribution in [0.2, 0.25) is 0 Å². The number of aliphatic hydroxyl groups excluding tert-OH is 1. The van der Waals surface area contributed by atoms with E-state index in [1.807, 2.05) is 0 Å². The summed E-state index contributed by atoms with van der Waals surface area (Å²) in [6.45, 7) is 2.08. The van der Waals surface area contributed by atoms with Gasteiger partial charge in [-0.2, -0.15) is 4.98 Å². The Labute approximate surface area is 196 Å². The van der Waals surface area contributed by atoms with Gasteiger partial charge in [0, 0.05) is 43.8 Å². The SMILES string of the molecule is O=C1CCCC2(CCN(c3cc(O[C@H]4CCOC4)nc(CO)n3)CC2)N1c1ccc(F)c(F)c1. The molecule has 0 bridgehead atoms. The number of aromatic nitrogens is 2. The van der Waals surface area contributed by atoms with Crippen LogP contribution in [0.1, 0.15) is 44.3 Å². The van der Waals surface area contributed by atoms with E-state index in [1.165, 1.54) is 6.07 Å². The van der Waals surface area contributed by atoms with Crippen molar-refractivity contribution in [3.05, 3.63) is 41.7 Å². The maximum absolute atomic E-state index is 14.0. The number of rotatable bonds is 5. The molecule has 1 amide bonds. The lowest BCUT2D eigenvalue weighted by atomic mass is 9.78. The van der Waals surface area contributed by atoms with Crippen LogP contribution in [0.15, 0.2) is 24.3 Å². The fourth-order valence-electron chi connectivity index (χ4n) is 5.25. The summed E-state index contributed by atoms with van der Waals surface area (Å²) >= 11 is 0. The summed E-state index contributed by atoms with van der Waals surface area (Å²) in [6.07, 6.45) is 3.98. The van der Waals surface area contributed by atoms with Gasteiger partial charge < -0.3 is 24.4 Å². The summed E-state index contributed by atoms with van der Waals surface area (Å²) in [7, 11) is 0. The minimum Gasteiger partial charge on any atom is -0.472 e. The number of halogens is 2. The molecule has 2 aromatic rings. The number of hydrogen-bond donors (Lipinski definition) is 1. The molecule has 3 fully saturated rings. The number of benzene rings is 1. The Balaban J connectivity index is 1.36. The van der Waals surface area contributed by atoms with Gasteiger partial charge in [-0.3, -0.25) is 4.79 Å². The first-order valence-electron chi connectivity index (χ1n) is 11.7. The third-order valence-corrected chi connectivity index (χ3v) is 6.99. The van der Waals surface area contributed by atoms with E-state index in [2.05, 4.69) is 14.9 Å². The first-order valence-corrected chi connectivity index (χ1v) is 11.7. The van der Waals surface area contributed by atoms with Gasteiger partial charge in [0.05, 0.1) is 18.8 Å². The van der Waals surface area contributed by atoms with Crippen LogP contribution in [0, 0.1) is 11.6 Å². The molecular formula is C24H28F2N4O4. The van der Waals surface area contributed by atoms with Crippen molar-refractivity contribution in [1.82, 2.24) is 9.97 Å². The molecular weight excluding hydrogens is 446 g/mol. The molecule has 3 aliphatic rings. The van der Waals surface area contributed by atoms with E-state index in [0.717, 1.165) is 31.4 Å². The molecule has 1 N–H and O–H groups in total.